The van der Waals surface area contributed by atoms with Crippen molar-refractivity contribution in [3.05, 3.63) is 30.9 Å². The highest BCUT2D eigenvalue weighted by Gasteiger charge is 1.96. The fourth-order valence-electron chi connectivity index (χ4n) is 0.975. The molecule has 0 spiro atoms. The lowest BCUT2D eigenvalue weighted by Crippen LogP contribution is -2.23. The second-order valence-electron chi connectivity index (χ2n) is 3.74. The first-order valence-electron chi connectivity index (χ1n) is 5.35. The van der Waals surface area contributed by atoms with Crippen LogP contribution >= 0.6 is 0 Å². The quantitative estimate of drug-likeness (QED) is 0.550. The van der Waals surface area contributed by atoms with Gasteiger partial charge in [-0.1, -0.05) is 19.9 Å². The lowest BCUT2D eigenvalue weighted by atomic mass is 10.3. The molecule has 1 heterocycles. The molecule has 90 valence electrons. The van der Waals surface area contributed by atoms with Gasteiger partial charge in [0, 0.05) is 0 Å². The highest BCUT2D eigenvalue weighted by Crippen LogP contribution is 1.91. The number of aromatic nitrogens is 2. The maximum absolute atomic E-state index is 9.49. The van der Waals surface area contributed by atoms with E-state index in [0.29, 0.717) is 0 Å². The van der Waals surface area contributed by atoms with E-state index in [9.17, 15) is 9.90 Å². The number of carboxylic acids is 1. The van der Waals surface area contributed by atoms with Gasteiger partial charge in [-0.2, -0.15) is 0 Å². The van der Waals surface area contributed by atoms with Crippen LogP contribution in [0, 0.1) is 0 Å². The predicted octanol–water partition coefficient (Wildman–Crippen LogP) is 0.425. The third kappa shape index (κ3) is 6.81. The highest BCUT2D eigenvalue weighted by atomic mass is 16.4. The molecule has 1 rings (SSSR count). The molecule has 0 atom stereocenters. The van der Waals surface area contributed by atoms with Gasteiger partial charge in [0.1, 0.15) is 12.4 Å². The minimum absolute atomic E-state index is 0.0648. The van der Waals surface area contributed by atoms with Crippen molar-refractivity contribution in [3.8, 4) is 0 Å². The fourth-order valence-corrected chi connectivity index (χ4v) is 0.975. The summed E-state index contributed by atoms with van der Waals surface area (Å²) < 4.78 is 4.28. The van der Waals surface area contributed by atoms with Gasteiger partial charge in [-0.15, -0.1) is 0 Å². The van der Waals surface area contributed by atoms with Crippen molar-refractivity contribution in [3.63, 3.8) is 0 Å². The number of carbonyl (C=O) groups excluding carboxylic acids is 1. The summed E-state index contributed by atoms with van der Waals surface area (Å²) in [6, 6.07) is 0. The minimum atomic E-state index is -1.19. The van der Waals surface area contributed by atoms with Crippen molar-refractivity contribution in [2.45, 2.75) is 33.2 Å². The number of aryl methyl sites for hydroxylation is 2. The van der Waals surface area contributed by atoms with Gasteiger partial charge in [-0.3, -0.25) is 0 Å². The lowest BCUT2D eigenvalue weighted by Gasteiger charge is -1.93. The van der Waals surface area contributed by atoms with Crippen molar-refractivity contribution >= 4 is 5.97 Å². The van der Waals surface area contributed by atoms with Gasteiger partial charge in [-0.05, 0) is 18.9 Å². The minimum Gasteiger partial charge on any atom is -0.545 e. The van der Waals surface area contributed by atoms with Crippen LogP contribution in [-0.4, -0.2) is 10.5 Å². The summed E-state index contributed by atoms with van der Waals surface area (Å²) in [4.78, 5) is 9.49. The summed E-state index contributed by atoms with van der Waals surface area (Å²) in [6.45, 7) is 7.84. The maximum Gasteiger partial charge on any atom is 0.243 e. The number of unbranched alkanes of at least 4 members (excludes halogenated alkanes) is 1. The SMILES string of the molecule is C=C(C)C(=O)[O-].CCCCn1cc[n+](C)c1. The number of carboxylic acid groups (broad SMARTS) is 1. The van der Waals surface area contributed by atoms with Gasteiger partial charge >= 0.3 is 0 Å². The molecule has 0 saturated carbocycles. The van der Waals surface area contributed by atoms with Gasteiger partial charge in [0.05, 0.1) is 19.6 Å². The Morgan fingerprint density at radius 3 is 2.44 bits per heavy atom. The number of aliphatic carboxylic acids is 1. The average molecular weight is 224 g/mol. The summed E-state index contributed by atoms with van der Waals surface area (Å²) in [5, 5.41) is 9.49. The standard InChI is InChI=1S/C8H15N2.C4H6O2/c1-3-4-5-10-7-6-9(2)8-10;1-3(2)4(5)6/h6-8H,3-5H2,1-2H3;1H2,2H3,(H,5,6)/q+1;/p-1. The monoisotopic (exact) mass is 224 g/mol. The van der Waals surface area contributed by atoms with Crippen LogP contribution in [0.25, 0.3) is 0 Å². The van der Waals surface area contributed by atoms with E-state index in [1.165, 1.54) is 19.8 Å². The lowest BCUT2D eigenvalue weighted by molar-refractivity contribution is -0.671. The van der Waals surface area contributed by atoms with Crippen LogP contribution in [0.4, 0.5) is 0 Å². The van der Waals surface area contributed by atoms with Gasteiger partial charge < -0.3 is 9.90 Å². The normalized spacial score (nSPS) is 9.19. The van der Waals surface area contributed by atoms with Gasteiger partial charge in [0.25, 0.3) is 0 Å². The number of hydrogen-bond donors (Lipinski definition) is 0. The molecule has 4 heteroatoms. The first kappa shape index (κ1) is 14.4. The first-order valence-corrected chi connectivity index (χ1v) is 5.35. The van der Waals surface area contributed by atoms with Crippen LogP contribution in [0.5, 0.6) is 0 Å². The molecule has 0 aliphatic heterocycles. The number of hydrogen-bond acceptors (Lipinski definition) is 2. The summed E-state index contributed by atoms with van der Waals surface area (Å²) in [6.07, 6.45) is 8.82. The van der Waals surface area contributed by atoms with E-state index in [1.807, 2.05) is 7.05 Å². The molecule has 1 aromatic heterocycles. The second kappa shape index (κ2) is 7.68. The zero-order valence-corrected chi connectivity index (χ0v) is 10.3. The smallest absolute Gasteiger partial charge is 0.243 e. The van der Waals surface area contributed by atoms with Gasteiger partial charge in [-0.25, -0.2) is 9.13 Å². The average Bonchev–Trinajstić information content (AvgIpc) is 2.62. The molecule has 0 aromatic carbocycles. The highest BCUT2D eigenvalue weighted by molar-refractivity contribution is 5.82. The van der Waals surface area contributed by atoms with Crippen LogP contribution in [0.2, 0.25) is 0 Å². The Morgan fingerprint density at radius 2 is 2.12 bits per heavy atom. The summed E-state index contributed by atoms with van der Waals surface area (Å²) >= 11 is 0. The van der Waals surface area contributed by atoms with Crippen molar-refractivity contribution < 1.29 is 14.5 Å². The van der Waals surface area contributed by atoms with Crippen molar-refractivity contribution in [2.24, 2.45) is 7.05 Å². The molecule has 16 heavy (non-hydrogen) atoms. The predicted molar refractivity (Wildman–Crippen MR) is 60.3 cm³/mol. The molecule has 0 fully saturated rings. The van der Waals surface area contributed by atoms with Crippen LogP contribution in [0.3, 0.4) is 0 Å². The molecular weight excluding hydrogens is 204 g/mol. The molecule has 0 aliphatic carbocycles. The molecule has 0 radical (unpaired) electrons. The van der Waals surface area contributed by atoms with Crippen molar-refractivity contribution in [1.82, 2.24) is 4.57 Å². The summed E-state index contributed by atoms with van der Waals surface area (Å²) in [5.74, 6) is -1.19. The van der Waals surface area contributed by atoms with E-state index in [1.54, 1.807) is 0 Å². The topological polar surface area (TPSA) is 48.9 Å². The molecule has 0 bridgehead atoms. The van der Waals surface area contributed by atoms with Gasteiger partial charge in [0.15, 0.2) is 0 Å². The van der Waals surface area contributed by atoms with Crippen molar-refractivity contribution in [2.75, 3.05) is 0 Å². The fraction of sp³-hybridized carbons (Fsp3) is 0.500. The number of nitrogens with zero attached hydrogens (tertiary/aromatic N) is 2. The largest absolute Gasteiger partial charge is 0.545 e. The molecule has 0 unspecified atom stereocenters. The first-order chi connectivity index (χ1) is 7.47. The van der Waals surface area contributed by atoms with Crippen LogP contribution in [0.15, 0.2) is 30.9 Å². The van der Waals surface area contributed by atoms with E-state index in [-0.39, 0.29) is 5.57 Å². The third-order valence-electron chi connectivity index (χ3n) is 1.94. The molecule has 1 aromatic rings. The Morgan fingerprint density at radius 1 is 1.56 bits per heavy atom. The Bertz CT molecular complexity index is 331. The molecule has 0 aliphatic rings. The second-order valence-corrected chi connectivity index (χ2v) is 3.74. The number of imidazole rings is 1. The Balaban J connectivity index is 0.000000325. The molecule has 4 nitrogen and oxygen atoms in total. The molecule has 0 amide bonds. The Labute approximate surface area is 96.8 Å². The molecule has 0 saturated heterocycles. The van der Waals surface area contributed by atoms with E-state index in [0.717, 1.165) is 6.54 Å². The van der Waals surface area contributed by atoms with E-state index < -0.39 is 5.97 Å². The Kier molecular flexibility index (Phi) is 6.92. The number of carbonyl (C=O) groups is 1. The van der Waals surface area contributed by atoms with Crippen molar-refractivity contribution in [1.29, 1.82) is 0 Å². The van der Waals surface area contributed by atoms with E-state index in [4.69, 9.17) is 0 Å². The molecular formula is C12H20N2O2. The Hall–Kier alpha value is -1.58. The van der Waals surface area contributed by atoms with Crippen LogP contribution < -0.4 is 9.67 Å². The van der Waals surface area contributed by atoms with Gasteiger partial charge in [0.2, 0.25) is 6.33 Å². The van der Waals surface area contributed by atoms with Crippen LogP contribution in [0.1, 0.15) is 26.7 Å². The third-order valence-corrected chi connectivity index (χ3v) is 1.94. The van der Waals surface area contributed by atoms with Crippen LogP contribution in [-0.2, 0) is 18.4 Å². The van der Waals surface area contributed by atoms with E-state index >= 15 is 0 Å². The summed E-state index contributed by atoms with van der Waals surface area (Å²) in [5.41, 5.74) is 0.0648. The zero-order chi connectivity index (χ0) is 12.6. The summed E-state index contributed by atoms with van der Waals surface area (Å²) in [7, 11) is 2.04. The zero-order valence-electron chi connectivity index (χ0n) is 10.3. The number of rotatable bonds is 4. The maximum atomic E-state index is 9.49. The van der Waals surface area contributed by atoms with E-state index in [2.05, 4.69) is 41.4 Å². The molecule has 0 N–H and O–H groups in total.